The molecule has 0 radical (unpaired) electrons. The number of fused-ring (bicyclic) bond motifs is 1. The fourth-order valence-corrected chi connectivity index (χ4v) is 3.73. The summed E-state index contributed by atoms with van der Waals surface area (Å²) in [7, 11) is 1.81. The number of aromatic nitrogens is 2. The van der Waals surface area contributed by atoms with Crippen molar-refractivity contribution >= 4 is 33.0 Å². The molecule has 0 fully saturated rings. The lowest BCUT2D eigenvalue weighted by Gasteiger charge is -2.10. The lowest BCUT2D eigenvalue weighted by Crippen LogP contribution is -2.02. The Morgan fingerprint density at radius 1 is 1.40 bits per heavy atom. The lowest BCUT2D eigenvalue weighted by molar-refractivity contribution is 0.180. The van der Waals surface area contributed by atoms with E-state index in [-0.39, 0.29) is 0 Å². The van der Waals surface area contributed by atoms with Gasteiger partial charge in [-0.1, -0.05) is 29.8 Å². The van der Waals surface area contributed by atoms with Crippen molar-refractivity contribution in [1.82, 2.24) is 9.78 Å². The zero-order chi connectivity index (χ0) is 14.3. The molecule has 104 valence electrons. The van der Waals surface area contributed by atoms with Crippen molar-refractivity contribution in [3.8, 4) is 0 Å². The Bertz CT molecular complexity index is 762. The number of aliphatic hydroxyl groups is 1. The number of nitrogens with zero attached hydrogens (tertiary/aromatic N) is 2. The normalized spacial score (nSPS) is 13.0. The minimum atomic E-state index is -0.563. The van der Waals surface area contributed by atoms with Gasteiger partial charge in [-0.2, -0.15) is 5.10 Å². The average molecular weight is 307 g/mol. The topological polar surface area (TPSA) is 38.0 Å². The molecule has 0 bridgehead atoms. The Morgan fingerprint density at radius 2 is 2.15 bits per heavy atom. The third-order valence-corrected chi connectivity index (χ3v) is 4.99. The molecule has 0 amide bonds. The van der Waals surface area contributed by atoms with Crippen LogP contribution >= 0.6 is 22.9 Å². The van der Waals surface area contributed by atoms with Gasteiger partial charge >= 0.3 is 0 Å². The van der Waals surface area contributed by atoms with Crippen LogP contribution in [0.4, 0.5) is 0 Å². The first-order valence-corrected chi connectivity index (χ1v) is 7.66. The quantitative estimate of drug-likeness (QED) is 0.797. The second-order valence-corrected chi connectivity index (χ2v) is 6.15. The Labute approximate surface area is 126 Å². The summed E-state index contributed by atoms with van der Waals surface area (Å²) in [5.74, 6) is 0. The molecule has 1 atom stereocenters. The number of rotatable bonds is 3. The molecule has 20 heavy (non-hydrogen) atoms. The lowest BCUT2D eigenvalue weighted by atomic mass is 10.0. The summed E-state index contributed by atoms with van der Waals surface area (Å²) in [4.78, 5) is 0. The standard InChI is InChI=1S/C15H15ClN2OS/c1-9-11(15(16)18(2)17-9)7-13(19)12-8-20-14-6-4-3-5-10(12)14/h3-6,8,13,19H,7H2,1-2H3. The van der Waals surface area contributed by atoms with E-state index in [9.17, 15) is 5.11 Å². The van der Waals surface area contributed by atoms with Gasteiger partial charge in [-0.3, -0.25) is 4.68 Å². The van der Waals surface area contributed by atoms with Gasteiger partial charge in [0, 0.05) is 23.7 Å². The summed E-state index contributed by atoms with van der Waals surface area (Å²) in [6.45, 7) is 1.92. The van der Waals surface area contributed by atoms with Crippen molar-refractivity contribution in [2.45, 2.75) is 19.4 Å². The predicted molar refractivity (Wildman–Crippen MR) is 83.4 cm³/mol. The zero-order valence-corrected chi connectivity index (χ0v) is 12.9. The van der Waals surface area contributed by atoms with Gasteiger partial charge in [-0.25, -0.2) is 0 Å². The number of thiophene rings is 1. The van der Waals surface area contributed by atoms with Crippen LogP contribution in [0.5, 0.6) is 0 Å². The van der Waals surface area contributed by atoms with Gasteiger partial charge < -0.3 is 5.11 Å². The monoisotopic (exact) mass is 306 g/mol. The summed E-state index contributed by atoms with van der Waals surface area (Å²) >= 11 is 7.88. The van der Waals surface area contributed by atoms with Crippen LogP contribution in [0.15, 0.2) is 29.6 Å². The summed E-state index contributed by atoms with van der Waals surface area (Å²) in [6.07, 6.45) is -0.0780. The molecule has 0 aliphatic rings. The number of hydrogen-bond acceptors (Lipinski definition) is 3. The second kappa shape index (κ2) is 5.20. The molecule has 0 aliphatic carbocycles. The molecule has 2 aromatic heterocycles. The van der Waals surface area contributed by atoms with Gasteiger partial charge in [0.05, 0.1) is 11.8 Å². The molecule has 0 aliphatic heterocycles. The van der Waals surface area contributed by atoms with Crippen molar-refractivity contribution in [2.24, 2.45) is 7.05 Å². The first-order valence-electron chi connectivity index (χ1n) is 6.40. The Kier molecular flexibility index (Phi) is 3.54. The molecule has 1 unspecified atom stereocenters. The fourth-order valence-electron chi connectivity index (χ4n) is 2.47. The van der Waals surface area contributed by atoms with Gasteiger partial charge in [-0.05, 0) is 29.3 Å². The summed E-state index contributed by atoms with van der Waals surface area (Å²) < 4.78 is 2.83. The highest BCUT2D eigenvalue weighted by molar-refractivity contribution is 7.17. The molecular formula is C15H15ClN2OS. The number of halogens is 1. The van der Waals surface area contributed by atoms with Crippen molar-refractivity contribution in [3.05, 3.63) is 51.6 Å². The number of aryl methyl sites for hydroxylation is 2. The van der Waals surface area contributed by atoms with Crippen molar-refractivity contribution in [3.63, 3.8) is 0 Å². The molecule has 5 heteroatoms. The molecule has 3 rings (SSSR count). The zero-order valence-electron chi connectivity index (χ0n) is 11.3. The third kappa shape index (κ3) is 2.24. The first-order chi connectivity index (χ1) is 9.58. The molecular weight excluding hydrogens is 292 g/mol. The van der Waals surface area contributed by atoms with Crippen molar-refractivity contribution in [2.75, 3.05) is 0 Å². The van der Waals surface area contributed by atoms with Crippen LogP contribution in [-0.4, -0.2) is 14.9 Å². The maximum Gasteiger partial charge on any atom is 0.130 e. The summed E-state index contributed by atoms with van der Waals surface area (Å²) in [5, 5.41) is 18.5. The molecule has 3 nitrogen and oxygen atoms in total. The summed E-state index contributed by atoms with van der Waals surface area (Å²) in [5.41, 5.74) is 2.75. The molecule has 1 N–H and O–H groups in total. The van der Waals surface area contributed by atoms with Crippen LogP contribution in [0.1, 0.15) is 22.9 Å². The van der Waals surface area contributed by atoms with Crippen LogP contribution in [0.3, 0.4) is 0 Å². The van der Waals surface area contributed by atoms with E-state index in [1.54, 1.807) is 16.0 Å². The van der Waals surface area contributed by atoms with Gasteiger partial charge in [0.15, 0.2) is 0 Å². The first kappa shape index (κ1) is 13.6. The number of hydrogen-bond donors (Lipinski definition) is 1. The van der Waals surface area contributed by atoms with Gasteiger partial charge in [0.2, 0.25) is 0 Å². The Hall–Kier alpha value is -1.36. The van der Waals surface area contributed by atoms with E-state index in [0.717, 1.165) is 22.2 Å². The van der Waals surface area contributed by atoms with E-state index >= 15 is 0 Å². The second-order valence-electron chi connectivity index (χ2n) is 4.89. The van der Waals surface area contributed by atoms with E-state index < -0.39 is 6.10 Å². The Morgan fingerprint density at radius 3 is 2.85 bits per heavy atom. The average Bonchev–Trinajstić information content (AvgIpc) is 2.96. The van der Waals surface area contributed by atoms with E-state index in [2.05, 4.69) is 11.2 Å². The number of benzene rings is 1. The molecule has 0 saturated heterocycles. The molecule has 2 heterocycles. The highest BCUT2D eigenvalue weighted by Gasteiger charge is 2.19. The van der Waals surface area contributed by atoms with Crippen molar-refractivity contribution < 1.29 is 5.11 Å². The van der Waals surface area contributed by atoms with Crippen LogP contribution in [0.2, 0.25) is 5.15 Å². The van der Waals surface area contributed by atoms with E-state index in [1.165, 1.54) is 4.70 Å². The van der Waals surface area contributed by atoms with Gasteiger partial charge in [-0.15, -0.1) is 11.3 Å². The highest BCUT2D eigenvalue weighted by Crippen LogP contribution is 2.33. The summed E-state index contributed by atoms with van der Waals surface area (Å²) in [6, 6.07) is 8.12. The maximum atomic E-state index is 10.5. The number of aliphatic hydroxyl groups excluding tert-OH is 1. The van der Waals surface area contributed by atoms with E-state index in [4.69, 9.17) is 11.6 Å². The highest BCUT2D eigenvalue weighted by atomic mass is 35.5. The van der Waals surface area contributed by atoms with Crippen LogP contribution < -0.4 is 0 Å². The maximum absolute atomic E-state index is 10.5. The SMILES string of the molecule is Cc1nn(C)c(Cl)c1CC(O)c1csc2ccccc12. The van der Waals surface area contributed by atoms with E-state index in [0.29, 0.717) is 11.6 Å². The van der Waals surface area contributed by atoms with Crippen LogP contribution in [0.25, 0.3) is 10.1 Å². The van der Waals surface area contributed by atoms with Crippen LogP contribution in [-0.2, 0) is 13.5 Å². The van der Waals surface area contributed by atoms with Gasteiger partial charge in [0.25, 0.3) is 0 Å². The minimum absolute atomic E-state index is 0.485. The van der Waals surface area contributed by atoms with E-state index in [1.807, 2.05) is 37.6 Å². The fraction of sp³-hybridized carbons (Fsp3) is 0.267. The largest absolute Gasteiger partial charge is 0.388 e. The molecule has 3 aromatic rings. The Balaban J connectivity index is 1.95. The third-order valence-electron chi connectivity index (χ3n) is 3.54. The predicted octanol–water partition coefficient (Wildman–Crippen LogP) is 3.87. The van der Waals surface area contributed by atoms with Gasteiger partial charge in [0.1, 0.15) is 5.15 Å². The van der Waals surface area contributed by atoms with Crippen molar-refractivity contribution in [1.29, 1.82) is 0 Å². The minimum Gasteiger partial charge on any atom is -0.388 e. The molecule has 0 spiro atoms. The molecule has 0 saturated carbocycles. The molecule has 1 aromatic carbocycles. The smallest absolute Gasteiger partial charge is 0.130 e. The van der Waals surface area contributed by atoms with Crippen LogP contribution in [0, 0.1) is 6.92 Å².